The maximum atomic E-state index is 13.2. The monoisotopic (exact) mass is 410 g/mol. The maximum Gasteiger partial charge on any atom is 0.221 e. The molecule has 3 heteroatoms. The number of hydrogen-bond acceptors (Lipinski definition) is 1. The van der Waals surface area contributed by atoms with Crippen molar-refractivity contribution in [1.29, 1.82) is 0 Å². The third-order valence-corrected chi connectivity index (χ3v) is 6.05. The number of aromatic nitrogens is 1. The average Bonchev–Trinajstić information content (AvgIpc) is 3.16. The molecule has 3 aromatic carbocycles. The van der Waals surface area contributed by atoms with Gasteiger partial charge in [-0.25, -0.2) is 0 Å². The van der Waals surface area contributed by atoms with Crippen molar-refractivity contribution in [2.24, 2.45) is 0 Å². The van der Waals surface area contributed by atoms with E-state index in [2.05, 4.69) is 90.6 Å². The van der Waals surface area contributed by atoms with Crippen molar-refractivity contribution in [3.8, 4) is 0 Å². The molecule has 158 valence electrons. The predicted molar refractivity (Wildman–Crippen MR) is 128 cm³/mol. The van der Waals surface area contributed by atoms with Crippen molar-refractivity contribution >= 4 is 16.8 Å². The summed E-state index contributed by atoms with van der Waals surface area (Å²) in [7, 11) is 0. The van der Waals surface area contributed by atoms with Gasteiger partial charge in [0, 0.05) is 36.0 Å². The van der Waals surface area contributed by atoms with Crippen LogP contribution in [-0.2, 0) is 11.3 Å². The van der Waals surface area contributed by atoms with Crippen LogP contribution in [0.5, 0.6) is 0 Å². The summed E-state index contributed by atoms with van der Waals surface area (Å²) in [5.41, 5.74) is 5.94. The van der Waals surface area contributed by atoms with Gasteiger partial charge in [0.05, 0.1) is 6.04 Å². The Morgan fingerprint density at radius 2 is 1.65 bits per heavy atom. The molecule has 0 aliphatic rings. The Balaban J connectivity index is 1.69. The molecule has 0 unspecified atom stereocenters. The number of fused-ring (bicyclic) bond motifs is 1. The molecule has 4 rings (SSSR count). The van der Waals surface area contributed by atoms with Gasteiger partial charge in [-0.05, 0) is 43.5 Å². The first kappa shape index (κ1) is 20.9. The van der Waals surface area contributed by atoms with E-state index in [0.717, 1.165) is 12.1 Å². The summed E-state index contributed by atoms with van der Waals surface area (Å²) in [6.07, 6.45) is 2.64. The summed E-state index contributed by atoms with van der Waals surface area (Å²) >= 11 is 0. The van der Waals surface area contributed by atoms with Gasteiger partial charge in [-0.3, -0.25) is 4.79 Å². The molecular weight excluding hydrogens is 380 g/mol. The molecule has 1 heterocycles. The summed E-state index contributed by atoms with van der Waals surface area (Å²) in [6.45, 7) is 7.20. The zero-order valence-electron chi connectivity index (χ0n) is 18.5. The normalized spacial score (nSPS) is 13.1. The van der Waals surface area contributed by atoms with Gasteiger partial charge in [0.2, 0.25) is 5.91 Å². The summed E-state index contributed by atoms with van der Waals surface area (Å²) < 4.78 is 2.28. The summed E-state index contributed by atoms with van der Waals surface area (Å²) in [5.74, 6) is 0.0664. The van der Waals surface area contributed by atoms with Gasteiger partial charge >= 0.3 is 0 Å². The lowest BCUT2D eigenvalue weighted by Crippen LogP contribution is -2.28. The number of hydrogen-bond donors (Lipinski definition) is 1. The van der Waals surface area contributed by atoms with E-state index in [-0.39, 0.29) is 17.9 Å². The van der Waals surface area contributed by atoms with Crippen molar-refractivity contribution in [2.75, 3.05) is 0 Å². The topological polar surface area (TPSA) is 34.0 Å². The Labute approximate surface area is 184 Å². The molecule has 2 atom stereocenters. The molecule has 0 fully saturated rings. The zero-order valence-corrected chi connectivity index (χ0v) is 18.5. The van der Waals surface area contributed by atoms with E-state index in [1.54, 1.807) is 0 Å². The third-order valence-electron chi connectivity index (χ3n) is 6.05. The lowest BCUT2D eigenvalue weighted by Gasteiger charge is -2.20. The highest BCUT2D eigenvalue weighted by Gasteiger charge is 2.23. The Kier molecular flexibility index (Phi) is 6.22. The fourth-order valence-electron chi connectivity index (χ4n) is 4.42. The molecule has 0 aliphatic carbocycles. The minimum atomic E-state index is -0.0242. The molecule has 0 bridgehead atoms. The van der Waals surface area contributed by atoms with Crippen molar-refractivity contribution in [3.63, 3.8) is 0 Å². The molecule has 3 nitrogen and oxygen atoms in total. The number of benzene rings is 3. The quantitative estimate of drug-likeness (QED) is 0.377. The van der Waals surface area contributed by atoms with Gasteiger partial charge in [0.15, 0.2) is 0 Å². The van der Waals surface area contributed by atoms with E-state index in [4.69, 9.17) is 0 Å². The molecule has 4 aromatic rings. The Hall–Kier alpha value is -3.33. The molecule has 0 radical (unpaired) electrons. The Morgan fingerprint density at radius 1 is 0.935 bits per heavy atom. The standard InChI is InChI=1S/C28H30N2O/c1-4-30-19-26(24-15-8-9-16-27(24)30)25(23-14-10-11-20(2)17-23)18-28(31)29-21(3)22-12-6-5-7-13-22/h5-17,19,21,25H,4,18H2,1-3H3,(H,29,31)/t21-,25-/m0/s1. The van der Waals surface area contributed by atoms with Crippen molar-refractivity contribution < 1.29 is 4.79 Å². The number of carbonyl (C=O) groups is 1. The number of para-hydroxylation sites is 1. The van der Waals surface area contributed by atoms with Crippen molar-refractivity contribution in [3.05, 3.63) is 107 Å². The average molecular weight is 411 g/mol. The molecule has 1 N–H and O–H groups in total. The van der Waals surface area contributed by atoms with Crippen LogP contribution in [0.25, 0.3) is 10.9 Å². The van der Waals surface area contributed by atoms with Crippen LogP contribution in [0.3, 0.4) is 0 Å². The van der Waals surface area contributed by atoms with Crippen LogP contribution in [0.4, 0.5) is 0 Å². The van der Waals surface area contributed by atoms with E-state index >= 15 is 0 Å². The minimum Gasteiger partial charge on any atom is -0.350 e. The fourth-order valence-corrected chi connectivity index (χ4v) is 4.42. The fraction of sp³-hybridized carbons (Fsp3) is 0.250. The smallest absolute Gasteiger partial charge is 0.221 e. The number of carbonyl (C=O) groups excluding carboxylic acids is 1. The zero-order chi connectivity index (χ0) is 21.8. The first-order chi connectivity index (χ1) is 15.1. The first-order valence-corrected chi connectivity index (χ1v) is 11.1. The Bertz CT molecular complexity index is 1180. The molecule has 0 saturated heterocycles. The second-order valence-corrected chi connectivity index (χ2v) is 8.26. The highest BCUT2D eigenvalue weighted by molar-refractivity contribution is 5.86. The highest BCUT2D eigenvalue weighted by atomic mass is 16.1. The van der Waals surface area contributed by atoms with Gasteiger partial charge in [0.1, 0.15) is 0 Å². The highest BCUT2D eigenvalue weighted by Crippen LogP contribution is 2.35. The predicted octanol–water partition coefficient (Wildman–Crippen LogP) is 6.37. The van der Waals surface area contributed by atoms with Crippen LogP contribution >= 0.6 is 0 Å². The molecule has 31 heavy (non-hydrogen) atoms. The largest absolute Gasteiger partial charge is 0.350 e. The number of aryl methyl sites for hydroxylation is 2. The molecule has 1 aromatic heterocycles. The number of rotatable bonds is 7. The van der Waals surface area contributed by atoms with Gasteiger partial charge in [0.25, 0.3) is 0 Å². The second kappa shape index (κ2) is 9.22. The van der Waals surface area contributed by atoms with E-state index in [1.165, 1.54) is 27.6 Å². The van der Waals surface area contributed by atoms with Gasteiger partial charge in [-0.1, -0.05) is 78.4 Å². The molecule has 1 amide bonds. The molecule has 0 saturated carbocycles. The van der Waals surface area contributed by atoms with Gasteiger partial charge in [-0.15, -0.1) is 0 Å². The summed E-state index contributed by atoms with van der Waals surface area (Å²) in [5, 5.41) is 4.43. The third kappa shape index (κ3) is 4.56. The van der Waals surface area contributed by atoms with Crippen LogP contribution in [-0.4, -0.2) is 10.5 Å². The van der Waals surface area contributed by atoms with Crippen LogP contribution in [0, 0.1) is 6.92 Å². The maximum absolute atomic E-state index is 13.2. The van der Waals surface area contributed by atoms with Crippen LogP contribution < -0.4 is 5.32 Å². The summed E-state index contributed by atoms with van der Waals surface area (Å²) in [4.78, 5) is 13.2. The first-order valence-electron chi connectivity index (χ1n) is 11.1. The van der Waals surface area contributed by atoms with Crippen LogP contribution in [0.1, 0.15) is 54.5 Å². The van der Waals surface area contributed by atoms with E-state index in [9.17, 15) is 4.79 Å². The number of nitrogens with one attached hydrogen (secondary N) is 1. The van der Waals surface area contributed by atoms with Crippen LogP contribution in [0.2, 0.25) is 0 Å². The van der Waals surface area contributed by atoms with Gasteiger partial charge < -0.3 is 9.88 Å². The minimum absolute atomic E-state index is 0.000531. The lowest BCUT2D eigenvalue weighted by atomic mass is 9.87. The summed E-state index contributed by atoms with van der Waals surface area (Å²) in [6, 6.07) is 27.1. The van der Waals surface area contributed by atoms with E-state index < -0.39 is 0 Å². The lowest BCUT2D eigenvalue weighted by molar-refractivity contribution is -0.121. The van der Waals surface area contributed by atoms with Crippen LogP contribution in [0.15, 0.2) is 85.1 Å². The Morgan fingerprint density at radius 3 is 2.39 bits per heavy atom. The second-order valence-electron chi connectivity index (χ2n) is 8.26. The molecule has 0 spiro atoms. The molecular formula is C28H30N2O. The number of amides is 1. The van der Waals surface area contributed by atoms with E-state index in [1.807, 2.05) is 25.1 Å². The number of nitrogens with zero attached hydrogens (tertiary/aromatic N) is 1. The molecule has 0 aliphatic heterocycles. The van der Waals surface area contributed by atoms with Crippen molar-refractivity contribution in [1.82, 2.24) is 9.88 Å². The van der Waals surface area contributed by atoms with E-state index in [0.29, 0.717) is 6.42 Å². The van der Waals surface area contributed by atoms with Crippen molar-refractivity contribution in [2.45, 2.75) is 45.7 Å². The van der Waals surface area contributed by atoms with Gasteiger partial charge in [-0.2, -0.15) is 0 Å². The SMILES string of the molecule is CCn1cc([C@@H](CC(=O)N[C@@H](C)c2ccccc2)c2cccc(C)c2)c2ccccc21.